The Hall–Kier alpha value is -2.77. The van der Waals surface area contributed by atoms with Crippen molar-refractivity contribution in [3.63, 3.8) is 0 Å². The Morgan fingerprint density at radius 2 is 2.17 bits per heavy atom. The predicted molar refractivity (Wildman–Crippen MR) is 84.5 cm³/mol. The highest BCUT2D eigenvalue weighted by Crippen LogP contribution is 2.16. The smallest absolute Gasteiger partial charge is 0.261 e. The number of nitrogens with zero attached hydrogens (tertiary/aromatic N) is 3. The monoisotopic (exact) mass is 332 g/mol. The molecular formula is C16H17FN4O3. The number of halogens is 1. The molecular weight excluding hydrogens is 315 g/mol. The van der Waals surface area contributed by atoms with Crippen molar-refractivity contribution in [3.8, 4) is 0 Å². The zero-order chi connectivity index (χ0) is 17.3. The van der Waals surface area contributed by atoms with Gasteiger partial charge >= 0.3 is 0 Å². The standard InChI is InChI=1S/C16H17FN4O3/c17-11-3-4-12-13(6-11)19-9-21(16(12)24)8-14(22)20-5-1-2-10(7-20)15(18)23/h3-4,6,9-10H,1-2,5,7-8H2,(H2,18,23). The van der Waals surface area contributed by atoms with E-state index in [1.807, 2.05) is 0 Å². The molecule has 2 amide bonds. The molecule has 0 spiro atoms. The second-order valence-corrected chi connectivity index (χ2v) is 5.92. The first-order chi connectivity index (χ1) is 11.5. The van der Waals surface area contributed by atoms with Gasteiger partial charge in [-0.15, -0.1) is 0 Å². The third-order valence-electron chi connectivity index (χ3n) is 4.27. The fraction of sp³-hybridized carbons (Fsp3) is 0.375. The number of piperidine rings is 1. The lowest BCUT2D eigenvalue weighted by Crippen LogP contribution is -2.45. The molecule has 1 fully saturated rings. The van der Waals surface area contributed by atoms with Crippen LogP contribution in [0.25, 0.3) is 10.9 Å². The van der Waals surface area contributed by atoms with Gasteiger partial charge in [0.15, 0.2) is 0 Å². The predicted octanol–water partition coefficient (Wildman–Crippen LogP) is 0.259. The number of amides is 2. The molecule has 0 aliphatic carbocycles. The highest BCUT2D eigenvalue weighted by atomic mass is 19.1. The van der Waals surface area contributed by atoms with Crippen LogP contribution in [0.15, 0.2) is 29.3 Å². The maximum Gasteiger partial charge on any atom is 0.261 e. The molecule has 126 valence electrons. The van der Waals surface area contributed by atoms with E-state index < -0.39 is 17.3 Å². The number of primary amides is 1. The van der Waals surface area contributed by atoms with Crippen molar-refractivity contribution in [2.45, 2.75) is 19.4 Å². The number of likely N-dealkylation sites (tertiary alicyclic amines) is 1. The van der Waals surface area contributed by atoms with E-state index in [-0.39, 0.29) is 35.8 Å². The Labute approximate surface area is 136 Å². The number of carbonyl (C=O) groups is 2. The molecule has 3 rings (SSSR count). The van der Waals surface area contributed by atoms with Crippen LogP contribution in [0, 0.1) is 11.7 Å². The Kier molecular flexibility index (Phi) is 4.28. The molecule has 1 aromatic heterocycles. The highest BCUT2D eigenvalue weighted by molar-refractivity contribution is 5.81. The Bertz CT molecular complexity index is 864. The molecule has 2 aromatic rings. The maximum absolute atomic E-state index is 13.2. The van der Waals surface area contributed by atoms with Crippen LogP contribution >= 0.6 is 0 Å². The topological polar surface area (TPSA) is 98.3 Å². The van der Waals surface area contributed by atoms with Crippen molar-refractivity contribution < 1.29 is 14.0 Å². The summed E-state index contributed by atoms with van der Waals surface area (Å²) in [6, 6.07) is 3.70. The molecule has 8 heteroatoms. The average Bonchev–Trinajstić information content (AvgIpc) is 2.57. The lowest BCUT2D eigenvalue weighted by molar-refractivity contribution is -0.135. The molecule has 2 N–H and O–H groups in total. The minimum Gasteiger partial charge on any atom is -0.369 e. The van der Waals surface area contributed by atoms with Crippen LogP contribution in [0.3, 0.4) is 0 Å². The van der Waals surface area contributed by atoms with Crippen LogP contribution in [0.5, 0.6) is 0 Å². The summed E-state index contributed by atoms with van der Waals surface area (Å²) in [6.07, 6.45) is 2.60. The molecule has 7 nitrogen and oxygen atoms in total. The number of hydrogen-bond donors (Lipinski definition) is 1. The molecule has 1 atom stereocenters. The fourth-order valence-electron chi connectivity index (χ4n) is 2.93. The van der Waals surface area contributed by atoms with E-state index in [0.717, 1.165) is 0 Å². The van der Waals surface area contributed by atoms with E-state index in [4.69, 9.17) is 5.73 Å². The third kappa shape index (κ3) is 3.12. The lowest BCUT2D eigenvalue weighted by Gasteiger charge is -2.31. The summed E-state index contributed by atoms with van der Waals surface area (Å²) in [7, 11) is 0. The van der Waals surface area contributed by atoms with Crippen LogP contribution in [0.2, 0.25) is 0 Å². The summed E-state index contributed by atoms with van der Waals surface area (Å²) in [5, 5.41) is 0.250. The molecule has 2 heterocycles. The first-order valence-corrected chi connectivity index (χ1v) is 7.67. The lowest BCUT2D eigenvalue weighted by atomic mass is 9.97. The van der Waals surface area contributed by atoms with Gasteiger partial charge in [-0.05, 0) is 25.0 Å². The number of aromatic nitrogens is 2. The Balaban J connectivity index is 1.80. The van der Waals surface area contributed by atoms with E-state index >= 15 is 0 Å². The second-order valence-electron chi connectivity index (χ2n) is 5.92. The summed E-state index contributed by atoms with van der Waals surface area (Å²) in [5.41, 5.74) is 5.15. The van der Waals surface area contributed by atoms with Crippen molar-refractivity contribution in [2.24, 2.45) is 11.7 Å². The van der Waals surface area contributed by atoms with E-state index in [1.54, 1.807) is 4.90 Å². The van der Waals surface area contributed by atoms with Gasteiger partial charge in [0.1, 0.15) is 12.4 Å². The summed E-state index contributed by atoms with van der Waals surface area (Å²) in [5.74, 6) is -1.52. The van der Waals surface area contributed by atoms with Gasteiger partial charge in [-0.2, -0.15) is 0 Å². The number of nitrogens with two attached hydrogens (primary N) is 1. The number of fused-ring (bicyclic) bond motifs is 1. The Morgan fingerprint density at radius 1 is 1.38 bits per heavy atom. The molecule has 1 saturated heterocycles. The first kappa shape index (κ1) is 16.1. The van der Waals surface area contributed by atoms with Crippen molar-refractivity contribution in [3.05, 3.63) is 40.7 Å². The van der Waals surface area contributed by atoms with E-state index in [0.29, 0.717) is 19.4 Å². The van der Waals surface area contributed by atoms with Crippen molar-refractivity contribution in [1.82, 2.24) is 14.5 Å². The molecule has 1 aromatic carbocycles. The quantitative estimate of drug-likeness (QED) is 0.871. The van der Waals surface area contributed by atoms with Gasteiger partial charge in [0.2, 0.25) is 11.8 Å². The molecule has 0 bridgehead atoms. The zero-order valence-corrected chi connectivity index (χ0v) is 12.9. The average molecular weight is 332 g/mol. The van der Waals surface area contributed by atoms with Crippen LogP contribution in [0.1, 0.15) is 12.8 Å². The van der Waals surface area contributed by atoms with Gasteiger partial charge in [-0.1, -0.05) is 0 Å². The summed E-state index contributed by atoms with van der Waals surface area (Å²) < 4.78 is 14.4. The van der Waals surface area contributed by atoms with Crippen LogP contribution in [-0.4, -0.2) is 39.4 Å². The van der Waals surface area contributed by atoms with Crippen molar-refractivity contribution >= 4 is 22.7 Å². The minimum absolute atomic E-state index is 0.176. The van der Waals surface area contributed by atoms with Gasteiger partial charge < -0.3 is 10.6 Å². The van der Waals surface area contributed by atoms with E-state index in [9.17, 15) is 18.8 Å². The van der Waals surface area contributed by atoms with Crippen molar-refractivity contribution in [2.75, 3.05) is 13.1 Å². The van der Waals surface area contributed by atoms with E-state index in [2.05, 4.69) is 4.98 Å². The highest BCUT2D eigenvalue weighted by Gasteiger charge is 2.27. The largest absolute Gasteiger partial charge is 0.369 e. The summed E-state index contributed by atoms with van der Waals surface area (Å²) in [4.78, 5) is 41.7. The van der Waals surface area contributed by atoms with Gasteiger partial charge in [-0.3, -0.25) is 19.0 Å². The van der Waals surface area contributed by atoms with Gasteiger partial charge in [0.05, 0.1) is 23.1 Å². The normalized spacial score (nSPS) is 17.9. The van der Waals surface area contributed by atoms with Crippen molar-refractivity contribution in [1.29, 1.82) is 0 Å². The fourth-order valence-corrected chi connectivity index (χ4v) is 2.93. The minimum atomic E-state index is -0.478. The zero-order valence-electron chi connectivity index (χ0n) is 12.9. The summed E-state index contributed by atoms with van der Waals surface area (Å²) in [6.45, 7) is 0.628. The SMILES string of the molecule is NC(=O)C1CCCN(C(=O)Cn2cnc3cc(F)ccc3c2=O)C1. The number of rotatable bonds is 3. The molecule has 24 heavy (non-hydrogen) atoms. The number of carbonyl (C=O) groups excluding carboxylic acids is 2. The van der Waals surface area contributed by atoms with Crippen LogP contribution in [0.4, 0.5) is 4.39 Å². The van der Waals surface area contributed by atoms with Gasteiger partial charge in [0.25, 0.3) is 5.56 Å². The third-order valence-corrected chi connectivity index (χ3v) is 4.27. The van der Waals surface area contributed by atoms with E-state index in [1.165, 1.54) is 29.1 Å². The van der Waals surface area contributed by atoms with Gasteiger partial charge in [-0.25, -0.2) is 9.37 Å². The summed E-state index contributed by atoms with van der Waals surface area (Å²) >= 11 is 0. The molecule has 1 aliphatic rings. The first-order valence-electron chi connectivity index (χ1n) is 7.67. The molecule has 1 unspecified atom stereocenters. The Morgan fingerprint density at radius 3 is 2.92 bits per heavy atom. The number of benzene rings is 1. The molecule has 1 aliphatic heterocycles. The second kappa shape index (κ2) is 6.38. The molecule has 0 radical (unpaired) electrons. The number of hydrogen-bond acceptors (Lipinski definition) is 4. The van der Waals surface area contributed by atoms with Crippen LogP contribution in [-0.2, 0) is 16.1 Å². The molecule has 0 saturated carbocycles. The maximum atomic E-state index is 13.2. The van der Waals surface area contributed by atoms with Crippen LogP contribution < -0.4 is 11.3 Å². The van der Waals surface area contributed by atoms with Gasteiger partial charge in [0, 0.05) is 19.2 Å².